The third-order valence-electron chi connectivity index (χ3n) is 7.30. The Morgan fingerprint density at radius 1 is 0.622 bits per heavy atom. The molecule has 0 saturated carbocycles. The molecule has 2 heteroatoms. The molecule has 0 radical (unpaired) electrons. The van der Waals surface area contributed by atoms with E-state index in [-0.39, 0.29) is 5.41 Å². The Kier molecular flexibility index (Phi) is 9.69. The van der Waals surface area contributed by atoms with E-state index in [1.54, 1.807) is 27.7 Å². The second-order valence-corrected chi connectivity index (χ2v) is 11.8. The Morgan fingerprint density at radius 2 is 1.03 bits per heavy atom. The van der Waals surface area contributed by atoms with Gasteiger partial charge in [0.1, 0.15) is 11.2 Å². The molecule has 0 amide bonds. The van der Waals surface area contributed by atoms with Crippen molar-refractivity contribution in [2.45, 2.75) is 122 Å². The maximum atomic E-state index is 10.2. The molecule has 198 valence electrons. The summed E-state index contributed by atoms with van der Waals surface area (Å²) in [6.45, 7) is 11.4. The Morgan fingerprint density at radius 3 is 1.38 bits per heavy atom. The summed E-state index contributed by atoms with van der Waals surface area (Å²) in [5.74, 6) is 12.5. The minimum atomic E-state index is -1.02. The molecule has 3 rings (SSSR count). The van der Waals surface area contributed by atoms with E-state index in [1.165, 1.54) is 73.6 Å². The summed E-state index contributed by atoms with van der Waals surface area (Å²) in [4.78, 5) is 0. The molecule has 37 heavy (non-hydrogen) atoms. The van der Waals surface area contributed by atoms with E-state index in [4.69, 9.17) is 0 Å². The van der Waals surface area contributed by atoms with Gasteiger partial charge in [0.2, 0.25) is 0 Å². The molecule has 0 bridgehead atoms. The van der Waals surface area contributed by atoms with Gasteiger partial charge in [-0.1, -0.05) is 101 Å². The fourth-order valence-corrected chi connectivity index (χ4v) is 5.47. The molecule has 0 atom stereocenters. The molecule has 0 aliphatic heterocycles. The third kappa shape index (κ3) is 7.74. The highest BCUT2D eigenvalue weighted by atomic mass is 16.3. The molecular formula is C35H46O2. The molecule has 0 aromatic heterocycles. The van der Waals surface area contributed by atoms with Crippen molar-refractivity contribution in [2.75, 3.05) is 0 Å². The fraction of sp³-hybridized carbons (Fsp3) is 0.543. The number of unbranched alkanes of at least 4 members (excludes halogenated alkanes) is 6. The Bertz CT molecular complexity index is 1090. The molecular weight excluding hydrogens is 452 g/mol. The highest BCUT2D eigenvalue weighted by Crippen LogP contribution is 2.54. The van der Waals surface area contributed by atoms with E-state index >= 15 is 0 Å². The Labute approximate surface area is 225 Å². The minimum absolute atomic E-state index is 0.0645. The van der Waals surface area contributed by atoms with Crippen LogP contribution in [0.1, 0.15) is 128 Å². The molecule has 0 spiro atoms. The number of rotatable bonds is 10. The van der Waals surface area contributed by atoms with Crippen LogP contribution in [0.4, 0.5) is 0 Å². The second-order valence-electron chi connectivity index (χ2n) is 11.8. The van der Waals surface area contributed by atoms with Crippen LogP contribution < -0.4 is 0 Å². The first-order chi connectivity index (χ1) is 17.5. The molecule has 0 heterocycles. The van der Waals surface area contributed by atoms with Crippen LogP contribution in [-0.2, 0) is 5.41 Å². The van der Waals surface area contributed by atoms with E-state index < -0.39 is 11.2 Å². The standard InChI is InChI=1S/C35H46O2/c1-7-9-11-13-21-35(22-14-12-10-8-2)31-25-27(19-23-33(3,4)36)15-17-29(31)30-18-16-28(26-32(30)35)20-24-34(5,6)37/h15-18,25-26,36-37H,7-14,21-22H2,1-6H3. The smallest absolute Gasteiger partial charge is 0.120 e. The quantitative estimate of drug-likeness (QED) is 0.256. The summed E-state index contributed by atoms with van der Waals surface area (Å²) >= 11 is 0. The molecule has 2 aromatic carbocycles. The van der Waals surface area contributed by atoms with E-state index in [1.807, 2.05) is 0 Å². The highest BCUT2D eigenvalue weighted by Gasteiger charge is 2.42. The number of aliphatic hydroxyl groups is 2. The topological polar surface area (TPSA) is 40.5 Å². The van der Waals surface area contributed by atoms with Crippen LogP contribution in [0.5, 0.6) is 0 Å². The summed E-state index contributed by atoms with van der Waals surface area (Å²) in [7, 11) is 0. The first-order valence-corrected chi connectivity index (χ1v) is 14.3. The molecule has 0 unspecified atom stereocenters. The third-order valence-corrected chi connectivity index (χ3v) is 7.30. The lowest BCUT2D eigenvalue weighted by Crippen LogP contribution is -2.26. The molecule has 0 saturated heterocycles. The van der Waals surface area contributed by atoms with Crippen molar-refractivity contribution < 1.29 is 10.2 Å². The van der Waals surface area contributed by atoms with Crippen LogP contribution in [0.2, 0.25) is 0 Å². The average molecular weight is 499 g/mol. The van der Waals surface area contributed by atoms with Gasteiger partial charge in [-0.05, 0) is 87.1 Å². The van der Waals surface area contributed by atoms with Gasteiger partial charge in [-0.2, -0.15) is 0 Å². The zero-order valence-electron chi connectivity index (χ0n) is 23.9. The zero-order chi connectivity index (χ0) is 27.1. The van der Waals surface area contributed by atoms with Gasteiger partial charge in [-0.25, -0.2) is 0 Å². The molecule has 1 aliphatic carbocycles. The van der Waals surface area contributed by atoms with Crippen molar-refractivity contribution in [1.29, 1.82) is 0 Å². The summed E-state index contributed by atoms with van der Waals surface area (Å²) < 4.78 is 0. The molecule has 2 nitrogen and oxygen atoms in total. The number of hydrogen-bond donors (Lipinski definition) is 2. The first-order valence-electron chi connectivity index (χ1n) is 14.3. The number of hydrogen-bond acceptors (Lipinski definition) is 2. The van der Waals surface area contributed by atoms with Crippen molar-refractivity contribution in [2.24, 2.45) is 0 Å². The Balaban J connectivity index is 2.17. The van der Waals surface area contributed by atoms with Gasteiger partial charge in [0.25, 0.3) is 0 Å². The number of fused-ring (bicyclic) bond motifs is 3. The predicted molar refractivity (Wildman–Crippen MR) is 157 cm³/mol. The SMILES string of the molecule is CCCCCCC1(CCCCCC)c2cc(C#CC(C)(C)O)ccc2-c2ccc(C#CC(C)(C)O)cc21. The van der Waals surface area contributed by atoms with Gasteiger partial charge < -0.3 is 10.2 Å². The molecule has 1 aliphatic rings. The van der Waals surface area contributed by atoms with Gasteiger partial charge in [0, 0.05) is 16.5 Å². The van der Waals surface area contributed by atoms with Gasteiger partial charge in [-0.15, -0.1) is 0 Å². The van der Waals surface area contributed by atoms with E-state index in [0.717, 1.165) is 24.0 Å². The monoisotopic (exact) mass is 498 g/mol. The normalized spacial score (nSPS) is 13.7. The van der Waals surface area contributed by atoms with Gasteiger partial charge in [0.15, 0.2) is 0 Å². The summed E-state index contributed by atoms with van der Waals surface area (Å²) in [5, 5.41) is 20.4. The van der Waals surface area contributed by atoms with E-state index in [2.05, 4.69) is 73.9 Å². The number of benzene rings is 2. The lowest BCUT2D eigenvalue weighted by Gasteiger charge is -2.33. The largest absolute Gasteiger partial charge is 0.378 e. The predicted octanol–water partition coefficient (Wildman–Crippen LogP) is 8.14. The van der Waals surface area contributed by atoms with Crippen molar-refractivity contribution in [1.82, 2.24) is 0 Å². The zero-order valence-corrected chi connectivity index (χ0v) is 23.9. The Hall–Kier alpha value is -2.52. The lowest BCUT2D eigenvalue weighted by atomic mass is 9.70. The molecule has 2 aromatic rings. The van der Waals surface area contributed by atoms with Crippen molar-refractivity contribution in [3.8, 4) is 34.8 Å². The van der Waals surface area contributed by atoms with Crippen molar-refractivity contribution in [3.63, 3.8) is 0 Å². The van der Waals surface area contributed by atoms with Gasteiger partial charge in [0.05, 0.1) is 0 Å². The molecule has 0 fully saturated rings. The van der Waals surface area contributed by atoms with Crippen LogP contribution >= 0.6 is 0 Å². The van der Waals surface area contributed by atoms with Crippen LogP contribution in [-0.4, -0.2) is 21.4 Å². The van der Waals surface area contributed by atoms with Crippen LogP contribution in [0.3, 0.4) is 0 Å². The summed E-state index contributed by atoms with van der Waals surface area (Å²) in [6, 6.07) is 13.2. The van der Waals surface area contributed by atoms with Crippen LogP contribution in [0.15, 0.2) is 36.4 Å². The highest BCUT2D eigenvalue weighted by molar-refractivity contribution is 5.82. The van der Waals surface area contributed by atoms with Gasteiger partial charge in [-0.3, -0.25) is 0 Å². The first kappa shape index (κ1) is 29.0. The summed E-state index contributed by atoms with van der Waals surface area (Å²) in [6.07, 6.45) is 12.1. The van der Waals surface area contributed by atoms with E-state index in [0.29, 0.717) is 0 Å². The maximum absolute atomic E-state index is 10.2. The van der Waals surface area contributed by atoms with E-state index in [9.17, 15) is 10.2 Å². The molecule has 2 N–H and O–H groups in total. The summed E-state index contributed by atoms with van der Waals surface area (Å²) in [5.41, 5.74) is 5.18. The van der Waals surface area contributed by atoms with Crippen molar-refractivity contribution >= 4 is 0 Å². The van der Waals surface area contributed by atoms with Gasteiger partial charge >= 0.3 is 0 Å². The lowest BCUT2D eigenvalue weighted by molar-refractivity contribution is 0.143. The average Bonchev–Trinajstić information content (AvgIpc) is 3.10. The second kappa shape index (κ2) is 12.3. The minimum Gasteiger partial charge on any atom is -0.378 e. The maximum Gasteiger partial charge on any atom is 0.120 e. The van der Waals surface area contributed by atoms with Crippen LogP contribution in [0.25, 0.3) is 11.1 Å². The van der Waals surface area contributed by atoms with Crippen molar-refractivity contribution in [3.05, 3.63) is 58.7 Å². The fourth-order valence-electron chi connectivity index (χ4n) is 5.47. The van der Waals surface area contributed by atoms with Crippen LogP contribution in [0, 0.1) is 23.7 Å².